The second-order valence-electron chi connectivity index (χ2n) is 5.00. The Hall–Kier alpha value is -1.62. The van der Waals surface area contributed by atoms with Crippen LogP contribution in [0.2, 0.25) is 0 Å². The first-order valence-electron chi connectivity index (χ1n) is 6.23. The van der Waals surface area contributed by atoms with Gasteiger partial charge in [0.15, 0.2) is 0 Å². The van der Waals surface area contributed by atoms with Gasteiger partial charge in [-0.3, -0.25) is 0 Å². The third-order valence-corrected chi connectivity index (χ3v) is 4.18. The van der Waals surface area contributed by atoms with Gasteiger partial charge < -0.3 is 10.8 Å². The Morgan fingerprint density at radius 1 is 1.45 bits per heavy atom. The highest BCUT2D eigenvalue weighted by atomic mass is 32.2. The van der Waals surface area contributed by atoms with E-state index in [0.29, 0.717) is 12.0 Å². The van der Waals surface area contributed by atoms with Crippen LogP contribution in [0.1, 0.15) is 25.8 Å². The summed E-state index contributed by atoms with van der Waals surface area (Å²) in [7, 11) is -3.79. The number of sulfonamides is 1. The zero-order chi connectivity index (χ0) is 15.3. The molecule has 0 aliphatic rings. The molecule has 110 valence electrons. The van der Waals surface area contributed by atoms with Crippen LogP contribution in [0.5, 0.6) is 0 Å². The number of benzene rings is 1. The fourth-order valence-corrected chi connectivity index (χ4v) is 2.96. The number of aliphatic hydroxyl groups is 1. The minimum Gasteiger partial charge on any atom is -0.398 e. The second kappa shape index (κ2) is 6.70. The molecule has 0 aliphatic heterocycles. The van der Waals surface area contributed by atoms with Gasteiger partial charge in [0, 0.05) is 6.54 Å². The Kier molecular flexibility index (Phi) is 5.51. The summed E-state index contributed by atoms with van der Waals surface area (Å²) in [6, 6.07) is 5.85. The summed E-state index contributed by atoms with van der Waals surface area (Å²) in [5, 5.41) is 18.4. The van der Waals surface area contributed by atoms with Gasteiger partial charge in [-0.1, -0.05) is 13.8 Å². The van der Waals surface area contributed by atoms with E-state index in [0.717, 1.165) is 0 Å². The van der Waals surface area contributed by atoms with E-state index in [2.05, 4.69) is 4.72 Å². The van der Waals surface area contributed by atoms with Gasteiger partial charge in [0.1, 0.15) is 4.90 Å². The van der Waals surface area contributed by atoms with Crippen LogP contribution in [0, 0.1) is 17.2 Å². The summed E-state index contributed by atoms with van der Waals surface area (Å²) in [4.78, 5) is -0.0896. The predicted molar refractivity (Wildman–Crippen MR) is 76.2 cm³/mol. The van der Waals surface area contributed by atoms with Crippen LogP contribution < -0.4 is 10.5 Å². The Morgan fingerprint density at radius 2 is 2.10 bits per heavy atom. The molecule has 0 bridgehead atoms. The average molecular weight is 297 g/mol. The molecule has 1 unspecified atom stereocenters. The highest BCUT2D eigenvalue weighted by molar-refractivity contribution is 7.89. The van der Waals surface area contributed by atoms with Gasteiger partial charge in [-0.15, -0.1) is 0 Å². The molecular formula is C13H19N3O3S. The molecule has 0 aromatic heterocycles. The quantitative estimate of drug-likeness (QED) is 0.672. The number of nitrogens with two attached hydrogens (primary N) is 1. The van der Waals surface area contributed by atoms with Gasteiger partial charge in [-0.25, -0.2) is 13.1 Å². The highest BCUT2D eigenvalue weighted by Crippen LogP contribution is 2.19. The molecule has 1 rings (SSSR count). The molecule has 0 radical (unpaired) electrons. The van der Waals surface area contributed by atoms with Gasteiger partial charge in [-0.2, -0.15) is 5.26 Å². The minimum atomic E-state index is -3.79. The van der Waals surface area contributed by atoms with Gasteiger partial charge in [0.05, 0.1) is 23.4 Å². The monoisotopic (exact) mass is 297 g/mol. The summed E-state index contributed by atoms with van der Waals surface area (Å²) in [5.74, 6) is 0.273. The summed E-state index contributed by atoms with van der Waals surface area (Å²) in [6.45, 7) is 3.81. The molecule has 6 nitrogen and oxygen atoms in total. The Morgan fingerprint density at radius 3 is 2.60 bits per heavy atom. The van der Waals surface area contributed by atoms with Crippen LogP contribution in [-0.2, 0) is 10.0 Å². The number of hydrogen-bond donors (Lipinski definition) is 3. The molecule has 0 amide bonds. The first-order chi connectivity index (χ1) is 9.26. The number of nitrogens with zero attached hydrogens (tertiary/aromatic N) is 1. The van der Waals surface area contributed by atoms with E-state index in [9.17, 15) is 13.5 Å². The lowest BCUT2D eigenvalue weighted by Crippen LogP contribution is -2.33. The molecule has 0 spiro atoms. The van der Waals surface area contributed by atoms with Crippen LogP contribution in [0.3, 0.4) is 0 Å². The van der Waals surface area contributed by atoms with E-state index in [1.165, 1.54) is 18.2 Å². The van der Waals surface area contributed by atoms with Crippen molar-refractivity contribution in [1.82, 2.24) is 4.72 Å². The molecule has 1 aromatic carbocycles. The Bertz CT molecular complexity index is 606. The highest BCUT2D eigenvalue weighted by Gasteiger charge is 2.19. The van der Waals surface area contributed by atoms with Crippen molar-refractivity contribution in [2.45, 2.75) is 31.3 Å². The molecule has 0 saturated carbocycles. The maximum Gasteiger partial charge on any atom is 0.242 e. The van der Waals surface area contributed by atoms with Gasteiger partial charge in [0.25, 0.3) is 0 Å². The normalized spacial score (nSPS) is 13.2. The first kappa shape index (κ1) is 16.4. The fraction of sp³-hybridized carbons (Fsp3) is 0.462. The minimum absolute atomic E-state index is 0.00917. The van der Waals surface area contributed by atoms with E-state index < -0.39 is 16.1 Å². The summed E-state index contributed by atoms with van der Waals surface area (Å²) in [5.41, 5.74) is 5.94. The van der Waals surface area contributed by atoms with Gasteiger partial charge >= 0.3 is 0 Å². The topological polar surface area (TPSA) is 116 Å². The van der Waals surface area contributed by atoms with Crippen LogP contribution in [0.15, 0.2) is 23.1 Å². The average Bonchev–Trinajstić information content (AvgIpc) is 2.35. The van der Waals surface area contributed by atoms with Crippen molar-refractivity contribution in [2.24, 2.45) is 5.92 Å². The van der Waals surface area contributed by atoms with Crippen LogP contribution in [0.4, 0.5) is 5.69 Å². The number of rotatable bonds is 6. The number of hydrogen-bond acceptors (Lipinski definition) is 5. The Balaban J connectivity index is 2.82. The van der Waals surface area contributed by atoms with E-state index in [1.807, 2.05) is 19.9 Å². The molecule has 1 aromatic rings. The SMILES string of the molecule is CC(C)CC(O)CNS(=O)(=O)c1ccc(C#N)cc1N. The van der Waals surface area contributed by atoms with Gasteiger partial charge in [0.2, 0.25) is 10.0 Å². The van der Waals surface area contributed by atoms with Crippen molar-refractivity contribution in [3.63, 3.8) is 0 Å². The number of nitrogen functional groups attached to an aromatic ring is 1. The first-order valence-corrected chi connectivity index (χ1v) is 7.72. The smallest absolute Gasteiger partial charge is 0.242 e. The van der Waals surface area contributed by atoms with Crippen molar-refractivity contribution >= 4 is 15.7 Å². The van der Waals surface area contributed by atoms with Crippen LogP contribution in [-0.4, -0.2) is 26.2 Å². The maximum atomic E-state index is 12.1. The molecule has 0 aliphatic carbocycles. The lowest BCUT2D eigenvalue weighted by atomic mass is 10.1. The lowest BCUT2D eigenvalue weighted by molar-refractivity contribution is 0.152. The fourth-order valence-electron chi connectivity index (χ4n) is 1.77. The number of aliphatic hydroxyl groups excluding tert-OH is 1. The van der Waals surface area contributed by atoms with E-state index in [-0.39, 0.29) is 23.0 Å². The third kappa shape index (κ3) is 4.49. The number of nitrogens with one attached hydrogen (secondary N) is 1. The molecule has 20 heavy (non-hydrogen) atoms. The molecular weight excluding hydrogens is 278 g/mol. The molecule has 0 saturated heterocycles. The van der Waals surface area contributed by atoms with Crippen LogP contribution in [0.25, 0.3) is 0 Å². The largest absolute Gasteiger partial charge is 0.398 e. The maximum absolute atomic E-state index is 12.1. The second-order valence-corrected chi connectivity index (χ2v) is 6.74. The summed E-state index contributed by atoms with van der Waals surface area (Å²) >= 11 is 0. The molecule has 0 heterocycles. The zero-order valence-electron chi connectivity index (χ0n) is 11.5. The zero-order valence-corrected chi connectivity index (χ0v) is 12.3. The molecule has 0 fully saturated rings. The molecule has 7 heteroatoms. The van der Waals surface area contributed by atoms with E-state index in [1.54, 1.807) is 0 Å². The van der Waals surface area contributed by atoms with E-state index >= 15 is 0 Å². The predicted octanol–water partition coefficient (Wildman–Crippen LogP) is 0.826. The molecule has 1 atom stereocenters. The lowest BCUT2D eigenvalue weighted by Gasteiger charge is -2.14. The Labute approximate surface area is 119 Å². The van der Waals surface area contributed by atoms with Crippen molar-refractivity contribution in [3.8, 4) is 6.07 Å². The van der Waals surface area contributed by atoms with Crippen molar-refractivity contribution in [1.29, 1.82) is 5.26 Å². The summed E-state index contributed by atoms with van der Waals surface area (Å²) in [6.07, 6.45) is -0.241. The third-order valence-electron chi connectivity index (χ3n) is 2.68. The molecule has 4 N–H and O–H groups in total. The van der Waals surface area contributed by atoms with Crippen molar-refractivity contribution in [2.75, 3.05) is 12.3 Å². The summed E-state index contributed by atoms with van der Waals surface area (Å²) < 4.78 is 26.4. The van der Waals surface area contributed by atoms with Crippen LogP contribution >= 0.6 is 0 Å². The van der Waals surface area contributed by atoms with Crippen molar-refractivity contribution < 1.29 is 13.5 Å². The van der Waals surface area contributed by atoms with E-state index in [4.69, 9.17) is 11.0 Å². The number of anilines is 1. The van der Waals surface area contributed by atoms with Gasteiger partial charge in [-0.05, 0) is 30.5 Å². The standard InChI is InChI=1S/C13H19N3O3S/c1-9(2)5-11(17)8-16-20(18,19)13-4-3-10(7-14)6-12(13)15/h3-4,6,9,11,16-17H,5,8,15H2,1-2H3. The number of nitriles is 1. The van der Waals surface area contributed by atoms with Crippen molar-refractivity contribution in [3.05, 3.63) is 23.8 Å².